The molecule has 222 valence electrons. The molecule has 5 rings (SSSR count). The molecule has 1 saturated heterocycles. The molecule has 0 spiro atoms. The van der Waals surface area contributed by atoms with Crippen molar-refractivity contribution in [3.05, 3.63) is 66.4 Å². The Balaban J connectivity index is 1.12. The van der Waals surface area contributed by atoms with Gasteiger partial charge in [-0.2, -0.15) is 5.10 Å². The molecule has 0 bridgehead atoms. The summed E-state index contributed by atoms with van der Waals surface area (Å²) in [6.45, 7) is 2.07. The van der Waals surface area contributed by atoms with Crippen molar-refractivity contribution in [2.45, 2.75) is 31.7 Å². The predicted octanol–water partition coefficient (Wildman–Crippen LogP) is 3.76. The number of nitrogens with zero attached hydrogens (tertiary/aromatic N) is 4. The summed E-state index contributed by atoms with van der Waals surface area (Å²) in [6.07, 6.45) is 4.00. The molecular weight excluding hydrogens is 568 g/mol. The highest BCUT2D eigenvalue weighted by atomic mass is 31.2. The number of aromatic amines is 1. The van der Waals surface area contributed by atoms with Gasteiger partial charge < -0.3 is 25.2 Å². The molecule has 0 aliphatic carbocycles. The molecule has 1 atom stereocenters. The van der Waals surface area contributed by atoms with Crippen LogP contribution in [0.5, 0.6) is 5.75 Å². The van der Waals surface area contributed by atoms with Gasteiger partial charge in [-0.1, -0.05) is 6.07 Å². The molecule has 4 aromatic rings. The highest BCUT2D eigenvalue weighted by molar-refractivity contribution is 7.46. The normalized spacial score (nSPS) is 15.6. The second-order valence-corrected chi connectivity index (χ2v) is 11.1. The van der Waals surface area contributed by atoms with E-state index in [1.165, 1.54) is 24.5 Å². The summed E-state index contributed by atoms with van der Waals surface area (Å²) in [4.78, 5) is 41.1. The van der Waals surface area contributed by atoms with Crippen LogP contribution in [0.1, 0.15) is 25.0 Å². The van der Waals surface area contributed by atoms with Crippen LogP contribution in [-0.4, -0.2) is 73.1 Å². The van der Waals surface area contributed by atoms with Crippen LogP contribution in [-0.2, 0) is 20.3 Å². The number of carbonyl (C=O) groups is 1. The minimum Gasteiger partial charge on any atom is -0.493 e. The van der Waals surface area contributed by atoms with E-state index in [4.69, 9.17) is 19.0 Å². The number of amides is 1. The second kappa shape index (κ2) is 13.4. The molecule has 2 aromatic carbocycles. The number of halogens is 1. The topological polar surface area (TPSA) is 175 Å². The van der Waals surface area contributed by atoms with Gasteiger partial charge in [0, 0.05) is 41.5 Å². The number of fused-ring (bicyclic) bond motifs is 1. The number of aromatic nitrogens is 4. The Labute approximate surface area is 240 Å². The van der Waals surface area contributed by atoms with E-state index >= 15 is 0 Å². The zero-order chi connectivity index (χ0) is 29.5. The van der Waals surface area contributed by atoms with E-state index in [0.29, 0.717) is 40.9 Å². The zero-order valence-electron chi connectivity index (χ0n) is 22.6. The maximum Gasteiger partial charge on any atom is 0.469 e. The Hall–Kier alpha value is -3.94. The van der Waals surface area contributed by atoms with Gasteiger partial charge in [-0.25, -0.2) is 18.9 Å². The number of hydrogen-bond acceptors (Lipinski definition) is 9. The Morgan fingerprint density at radius 1 is 1.19 bits per heavy atom. The number of benzene rings is 2. The maximum absolute atomic E-state index is 13.4. The van der Waals surface area contributed by atoms with Crippen LogP contribution in [0.2, 0.25) is 0 Å². The Bertz CT molecular complexity index is 1580. The minimum absolute atomic E-state index is 0.0103. The summed E-state index contributed by atoms with van der Waals surface area (Å²) in [5, 5.41) is 13.6. The van der Waals surface area contributed by atoms with Gasteiger partial charge >= 0.3 is 7.82 Å². The highest BCUT2D eigenvalue weighted by Crippen LogP contribution is 2.37. The summed E-state index contributed by atoms with van der Waals surface area (Å²) in [7, 11) is -4.47. The first-order chi connectivity index (χ1) is 20.2. The Morgan fingerprint density at radius 3 is 2.90 bits per heavy atom. The van der Waals surface area contributed by atoms with Crippen LogP contribution < -0.4 is 15.4 Å². The molecule has 1 amide bonds. The fourth-order valence-electron chi connectivity index (χ4n) is 4.83. The van der Waals surface area contributed by atoms with E-state index in [1.807, 2.05) is 18.2 Å². The number of likely N-dealkylation sites (tertiary alicyclic amines) is 1. The molecule has 2 aromatic heterocycles. The fraction of sp³-hybridized carbons (Fsp3) is 0.333. The fourth-order valence-corrected chi connectivity index (χ4v) is 5.19. The van der Waals surface area contributed by atoms with Crippen molar-refractivity contribution in [2.75, 3.05) is 36.9 Å². The van der Waals surface area contributed by atoms with Crippen LogP contribution in [0, 0.1) is 5.82 Å². The summed E-state index contributed by atoms with van der Waals surface area (Å²) < 4.78 is 35.0. The number of ether oxygens (including phenoxy) is 1. The molecule has 5 N–H and O–H groups in total. The molecule has 0 radical (unpaired) electrons. The van der Waals surface area contributed by atoms with Gasteiger partial charge in [0.1, 0.15) is 23.7 Å². The van der Waals surface area contributed by atoms with E-state index in [-0.39, 0.29) is 25.0 Å². The van der Waals surface area contributed by atoms with Gasteiger partial charge in [0.05, 0.1) is 25.2 Å². The monoisotopic (exact) mass is 599 g/mol. The molecule has 1 aliphatic heterocycles. The van der Waals surface area contributed by atoms with Crippen LogP contribution in [0.25, 0.3) is 10.9 Å². The van der Waals surface area contributed by atoms with Crippen LogP contribution in [0.4, 0.5) is 21.7 Å². The second-order valence-electron chi connectivity index (χ2n) is 9.86. The molecule has 1 aliphatic rings. The van der Waals surface area contributed by atoms with Gasteiger partial charge in [-0.15, -0.1) is 0 Å². The molecule has 13 nitrogen and oxygen atoms in total. The number of rotatable bonds is 13. The largest absolute Gasteiger partial charge is 0.493 e. The van der Waals surface area contributed by atoms with Gasteiger partial charge in [0.15, 0.2) is 5.82 Å². The Kier molecular flexibility index (Phi) is 9.40. The van der Waals surface area contributed by atoms with E-state index in [1.54, 1.807) is 12.1 Å². The summed E-state index contributed by atoms with van der Waals surface area (Å²) in [5.74, 6) is 0.909. The third-order valence-electron chi connectivity index (χ3n) is 6.74. The number of phosphoric acid groups is 1. The maximum atomic E-state index is 13.4. The highest BCUT2D eigenvalue weighted by Gasteiger charge is 2.27. The molecule has 15 heteroatoms. The van der Waals surface area contributed by atoms with Crippen molar-refractivity contribution in [3.63, 3.8) is 0 Å². The van der Waals surface area contributed by atoms with E-state index in [0.717, 1.165) is 37.7 Å². The van der Waals surface area contributed by atoms with Crippen molar-refractivity contribution in [1.82, 2.24) is 25.1 Å². The number of carbonyl (C=O) groups excluding carboxylic acids is 1. The lowest BCUT2D eigenvalue weighted by molar-refractivity contribution is -0.115. The number of hydrogen-bond donors (Lipinski definition) is 5. The summed E-state index contributed by atoms with van der Waals surface area (Å²) in [5.41, 5.74) is 1.61. The van der Waals surface area contributed by atoms with Gasteiger partial charge in [0.2, 0.25) is 5.91 Å². The van der Waals surface area contributed by atoms with Gasteiger partial charge in [-0.05, 0) is 56.1 Å². The average Bonchev–Trinajstić information content (AvgIpc) is 3.58. The number of phosphoric ester groups is 1. The quantitative estimate of drug-likeness (QED) is 0.112. The lowest BCUT2D eigenvalue weighted by atomic mass is 10.2. The average molecular weight is 600 g/mol. The van der Waals surface area contributed by atoms with Gasteiger partial charge in [-0.3, -0.25) is 19.3 Å². The predicted molar refractivity (Wildman–Crippen MR) is 153 cm³/mol. The first kappa shape index (κ1) is 29.5. The molecule has 3 heterocycles. The lowest BCUT2D eigenvalue weighted by Gasteiger charge is -2.24. The molecule has 0 saturated carbocycles. The minimum atomic E-state index is -4.47. The zero-order valence-corrected chi connectivity index (χ0v) is 23.5. The number of anilines is 3. The van der Waals surface area contributed by atoms with Crippen LogP contribution in [0.3, 0.4) is 0 Å². The number of H-pyrrole nitrogens is 1. The van der Waals surface area contributed by atoms with E-state index in [9.17, 15) is 13.8 Å². The van der Waals surface area contributed by atoms with E-state index < -0.39 is 13.6 Å². The first-order valence-corrected chi connectivity index (χ1v) is 14.9. The number of nitrogens with one attached hydrogen (secondary N) is 3. The molecule has 42 heavy (non-hydrogen) atoms. The third kappa shape index (κ3) is 8.30. The molecule has 1 fully saturated rings. The summed E-state index contributed by atoms with van der Waals surface area (Å²) in [6, 6.07) is 12.9. The molecule has 0 unspecified atom stereocenters. The van der Waals surface area contributed by atoms with Crippen molar-refractivity contribution in [2.24, 2.45) is 0 Å². The van der Waals surface area contributed by atoms with Crippen molar-refractivity contribution in [1.29, 1.82) is 0 Å². The first-order valence-electron chi connectivity index (χ1n) is 13.4. The van der Waals surface area contributed by atoms with E-state index in [2.05, 4.69) is 35.7 Å². The van der Waals surface area contributed by atoms with Crippen molar-refractivity contribution in [3.8, 4) is 5.75 Å². The lowest BCUT2D eigenvalue weighted by Crippen LogP contribution is -2.34. The smallest absolute Gasteiger partial charge is 0.469 e. The van der Waals surface area contributed by atoms with Crippen molar-refractivity contribution >= 4 is 42.0 Å². The SMILES string of the molecule is O=C(Cc1cc(Nc2ncnc3cc(OCCCN4CCC[C@H]4COP(=O)(O)O)ccc23)n[nH]1)Nc1cccc(F)c1. The molecular formula is C27H31FN7O6P. The standard InChI is InChI=1S/C27H31FN7O6P/c28-18-4-1-5-19(12-18)31-26(36)14-20-13-25(34-33-20)32-27-23-8-7-22(15-24(23)29-17-30-27)40-11-3-10-35-9-2-6-21(35)16-41-42(37,38)39/h1,4-5,7-8,12-13,15,17,21H,2-3,6,9-11,14,16H2,(H,31,36)(H2,37,38,39)(H2,29,30,32,33,34)/t21-/m0/s1. The third-order valence-corrected chi connectivity index (χ3v) is 7.22. The van der Waals surface area contributed by atoms with Crippen LogP contribution in [0.15, 0.2) is 54.9 Å². The van der Waals surface area contributed by atoms with Crippen molar-refractivity contribution < 1.29 is 32.8 Å². The van der Waals surface area contributed by atoms with Crippen LogP contribution >= 0.6 is 7.82 Å². The van der Waals surface area contributed by atoms with Gasteiger partial charge in [0.25, 0.3) is 0 Å². The summed E-state index contributed by atoms with van der Waals surface area (Å²) >= 11 is 0. The Morgan fingerprint density at radius 2 is 2.07 bits per heavy atom.